The van der Waals surface area contributed by atoms with E-state index in [1.807, 2.05) is 0 Å². The maximum atomic E-state index is 2.74. The summed E-state index contributed by atoms with van der Waals surface area (Å²) >= 11 is 0. The highest BCUT2D eigenvalue weighted by Gasteiger charge is 2.32. The van der Waals surface area contributed by atoms with E-state index in [2.05, 4.69) is 54.8 Å². The van der Waals surface area contributed by atoms with E-state index in [9.17, 15) is 0 Å². The van der Waals surface area contributed by atoms with Gasteiger partial charge >= 0.3 is 0 Å². The summed E-state index contributed by atoms with van der Waals surface area (Å²) in [4.78, 5) is 5.43. The van der Waals surface area contributed by atoms with Gasteiger partial charge in [-0.25, -0.2) is 0 Å². The Morgan fingerprint density at radius 3 is 2.11 bits per heavy atom. The third-order valence-corrected chi connectivity index (χ3v) is 8.03. The number of anilines is 1. The molecule has 2 aliphatic carbocycles. The third-order valence-electron chi connectivity index (χ3n) is 8.03. The Kier molecular flexibility index (Phi) is 6.35. The molecule has 156 valence electrons. The van der Waals surface area contributed by atoms with Crippen LogP contribution in [0.2, 0.25) is 0 Å². The molecule has 4 rings (SSSR count). The van der Waals surface area contributed by atoms with Gasteiger partial charge in [-0.05, 0) is 73.3 Å². The zero-order chi connectivity index (χ0) is 19.6. The van der Waals surface area contributed by atoms with Crippen LogP contribution in [0.1, 0.15) is 83.6 Å². The van der Waals surface area contributed by atoms with Crippen molar-refractivity contribution < 1.29 is 0 Å². The molecule has 1 aromatic carbocycles. The molecule has 3 fully saturated rings. The average Bonchev–Trinajstić information content (AvgIpc) is 3.21. The molecular weight excluding hydrogens is 340 g/mol. The van der Waals surface area contributed by atoms with Crippen LogP contribution in [-0.2, 0) is 0 Å². The van der Waals surface area contributed by atoms with E-state index in [0.29, 0.717) is 5.41 Å². The van der Waals surface area contributed by atoms with Crippen molar-refractivity contribution in [1.82, 2.24) is 4.90 Å². The molecule has 1 heterocycles. The van der Waals surface area contributed by atoms with E-state index < -0.39 is 0 Å². The minimum Gasteiger partial charge on any atom is -0.369 e. The lowest BCUT2D eigenvalue weighted by Gasteiger charge is -2.40. The molecule has 2 heteroatoms. The Bertz CT molecular complexity index is 610. The summed E-state index contributed by atoms with van der Waals surface area (Å²) in [7, 11) is 0. The third kappa shape index (κ3) is 4.75. The number of hydrogen-bond acceptors (Lipinski definition) is 2. The first kappa shape index (κ1) is 20.3. The minimum absolute atomic E-state index is 0.472. The second kappa shape index (κ2) is 8.78. The maximum absolute atomic E-state index is 2.74. The zero-order valence-electron chi connectivity index (χ0n) is 18.6. The van der Waals surface area contributed by atoms with Crippen LogP contribution in [0.15, 0.2) is 24.3 Å². The molecule has 2 nitrogen and oxygen atoms in total. The van der Waals surface area contributed by atoms with Crippen molar-refractivity contribution in [3.63, 3.8) is 0 Å². The van der Waals surface area contributed by atoms with Crippen LogP contribution >= 0.6 is 0 Å². The highest BCUT2D eigenvalue weighted by molar-refractivity contribution is 5.55. The number of nitrogens with zero attached hydrogens (tertiary/aromatic N) is 2. The molecule has 3 aliphatic rings. The summed E-state index contributed by atoms with van der Waals surface area (Å²) in [6.45, 7) is 13.6. The second-order valence-electron chi connectivity index (χ2n) is 10.9. The van der Waals surface area contributed by atoms with E-state index in [1.165, 1.54) is 84.1 Å². The van der Waals surface area contributed by atoms with Crippen molar-refractivity contribution in [1.29, 1.82) is 0 Å². The van der Waals surface area contributed by atoms with E-state index in [0.717, 1.165) is 17.8 Å². The van der Waals surface area contributed by atoms with Gasteiger partial charge in [0.2, 0.25) is 0 Å². The second-order valence-corrected chi connectivity index (χ2v) is 10.9. The van der Waals surface area contributed by atoms with Gasteiger partial charge < -0.3 is 4.90 Å². The Morgan fingerprint density at radius 1 is 0.821 bits per heavy atom. The van der Waals surface area contributed by atoms with E-state index in [-0.39, 0.29) is 0 Å². The number of hydrogen-bond donors (Lipinski definition) is 0. The van der Waals surface area contributed by atoms with Gasteiger partial charge in [-0.15, -0.1) is 0 Å². The molecular formula is C26H42N2. The first-order valence-corrected chi connectivity index (χ1v) is 12.1. The molecule has 0 amide bonds. The normalized spacial score (nSPS) is 28.0. The van der Waals surface area contributed by atoms with Crippen molar-refractivity contribution >= 4 is 5.69 Å². The van der Waals surface area contributed by atoms with Crippen molar-refractivity contribution in [2.24, 2.45) is 17.3 Å². The molecule has 0 aromatic heterocycles. The summed E-state index contributed by atoms with van der Waals surface area (Å²) in [5.41, 5.74) is 3.65. The van der Waals surface area contributed by atoms with Crippen LogP contribution in [0.5, 0.6) is 0 Å². The van der Waals surface area contributed by atoms with Crippen molar-refractivity contribution in [3.8, 4) is 0 Å². The fourth-order valence-electron chi connectivity index (χ4n) is 6.12. The summed E-state index contributed by atoms with van der Waals surface area (Å²) in [5, 5.41) is 0. The van der Waals surface area contributed by atoms with Crippen LogP contribution in [0.3, 0.4) is 0 Å². The predicted octanol–water partition coefficient (Wildman–Crippen LogP) is 6.32. The Hall–Kier alpha value is -1.02. The van der Waals surface area contributed by atoms with Crippen LogP contribution in [0, 0.1) is 17.3 Å². The monoisotopic (exact) mass is 382 g/mol. The van der Waals surface area contributed by atoms with Gasteiger partial charge in [0.05, 0.1) is 0 Å². The van der Waals surface area contributed by atoms with Crippen molar-refractivity contribution in [2.45, 2.75) is 78.1 Å². The van der Waals surface area contributed by atoms with Gasteiger partial charge in [-0.3, -0.25) is 4.90 Å². The Morgan fingerprint density at radius 2 is 1.46 bits per heavy atom. The molecule has 0 bridgehead atoms. The fourth-order valence-corrected chi connectivity index (χ4v) is 6.12. The molecule has 0 spiro atoms. The topological polar surface area (TPSA) is 6.48 Å². The SMILES string of the molecule is CC(C)(C)C1CCC(c2ccccc2N2CCN(CC3CCCC3)CC2)CC1. The lowest BCUT2D eigenvalue weighted by atomic mass is 9.68. The van der Waals surface area contributed by atoms with Crippen LogP contribution in [0.25, 0.3) is 0 Å². The van der Waals surface area contributed by atoms with Crippen LogP contribution in [0.4, 0.5) is 5.69 Å². The highest BCUT2D eigenvalue weighted by atomic mass is 15.3. The van der Waals surface area contributed by atoms with E-state index in [1.54, 1.807) is 11.3 Å². The molecule has 0 unspecified atom stereocenters. The molecule has 1 aromatic rings. The van der Waals surface area contributed by atoms with E-state index >= 15 is 0 Å². The number of piperazine rings is 1. The molecule has 0 atom stereocenters. The Balaban J connectivity index is 1.36. The number of rotatable bonds is 4. The van der Waals surface area contributed by atoms with Gasteiger partial charge in [0.1, 0.15) is 0 Å². The summed E-state index contributed by atoms with van der Waals surface area (Å²) in [5.74, 6) is 2.65. The maximum Gasteiger partial charge on any atom is 0.0402 e. The smallest absolute Gasteiger partial charge is 0.0402 e. The lowest BCUT2D eigenvalue weighted by Crippen LogP contribution is -2.48. The number of benzene rings is 1. The summed E-state index contributed by atoms with van der Waals surface area (Å²) in [6, 6.07) is 9.36. The zero-order valence-corrected chi connectivity index (χ0v) is 18.6. The van der Waals surface area contributed by atoms with Gasteiger partial charge in [-0.1, -0.05) is 51.8 Å². The Labute approximate surface area is 173 Å². The number of para-hydroxylation sites is 1. The van der Waals surface area contributed by atoms with Gasteiger partial charge in [-0.2, -0.15) is 0 Å². The lowest BCUT2D eigenvalue weighted by molar-refractivity contribution is 0.169. The van der Waals surface area contributed by atoms with Gasteiger partial charge in [0.15, 0.2) is 0 Å². The molecule has 0 radical (unpaired) electrons. The molecule has 2 saturated carbocycles. The van der Waals surface area contributed by atoms with Crippen LogP contribution in [-0.4, -0.2) is 37.6 Å². The molecule has 1 saturated heterocycles. The molecule has 28 heavy (non-hydrogen) atoms. The molecule has 1 aliphatic heterocycles. The van der Waals surface area contributed by atoms with E-state index in [4.69, 9.17) is 0 Å². The fraction of sp³-hybridized carbons (Fsp3) is 0.769. The van der Waals surface area contributed by atoms with Crippen LogP contribution < -0.4 is 4.90 Å². The first-order chi connectivity index (χ1) is 13.5. The summed E-state index contributed by atoms with van der Waals surface area (Å²) in [6.07, 6.45) is 11.4. The molecule has 0 N–H and O–H groups in total. The first-order valence-electron chi connectivity index (χ1n) is 12.1. The summed E-state index contributed by atoms with van der Waals surface area (Å²) < 4.78 is 0. The predicted molar refractivity (Wildman–Crippen MR) is 121 cm³/mol. The highest BCUT2D eigenvalue weighted by Crippen LogP contribution is 2.45. The van der Waals surface area contributed by atoms with Gasteiger partial charge in [0, 0.05) is 38.4 Å². The van der Waals surface area contributed by atoms with Gasteiger partial charge in [0.25, 0.3) is 0 Å². The average molecular weight is 383 g/mol. The van der Waals surface area contributed by atoms with Crippen molar-refractivity contribution in [2.75, 3.05) is 37.6 Å². The quantitative estimate of drug-likeness (QED) is 0.601. The minimum atomic E-state index is 0.472. The van der Waals surface area contributed by atoms with Crippen molar-refractivity contribution in [3.05, 3.63) is 29.8 Å². The standard InChI is InChI=1S/C26H42N2/c1-26(2,3)23-14-12-22(13-15-23)24-10-6-7-11-25(24)28-18-16-27(17-19-28)20-21-8-4-5-9-21/h6-7,10-11,21-23H,4-5,8-9,12-20H2,1-3H3. The largest absolute Gasteiger partial charge is 0.369 e.